The second-order valence-electron chi connectivity index (χ2n) is 15.0. The van der Waals surface area contributed by atoms with Gasteiger partial charge < -0.3 is 31.3 Å². The molecule has 2 saturated carbocycles. The molecule has 2 aliphatic heterocycles. The van der Waals surface area contributed by atoms with Crippen LogP contribution in [0.25, 0.3) is 10.9 Å². The quantitative estimate of drug-likeness (QED) is 0.0794. The molecule has 8 rings (SSSR count). The molecule has 18 nitrogen and oxygen atoms in total. The van der Waals surface area contributed by atoms with E-state index in [2.05, 4.69) is 46.9 Å². The SMILES string of the molecule is O=C(COc1cccc2c1C(=O)N(C1CCC(=O)NC1=O)C2=O)NCCNC(=O)C1CCC(NC(=O)c2cnc(Nc3ccc4cnccc4n3)cc2NC2CC2)CC1. The van der Waals surface area contributed by atoms with Crippen LogP contribution < -0.4 is 36.6 Å². The second kappa shape index (κ2) is 16.9. The predicted octanol–water partition coefficient (Wildman–Crippen LogP) is 2.34. The molecule has 2 aliphatic carbocycles. The number of ether oxygens (including phenoxy) is 1. The van der Waals surface area contributed by atoms with Gasteiger partial charge in [-0.25, -0.2) is 9.97 Å². The van der Waals surface area contributed by atoms with Crippen molar-refractivity contribution in [2.45, 2.75) is 69.5 Å². The number of imide groups is 2. The molecule has 6 N–H and O–H groups in total. The number of pyridine rings is 3. The van der Waals surface area contributed by atoms with Crippen LogP contribution in [0.5, 0.6) is 5.75 Å². The summed E-state index contributed by atoms with van der Waals surface area (Å²) in [5.74, 6) is -2.55. The van der Waals surface area contributed by atoms with Crippen molar-refractivity contribution in [2.24, 2.45) is 5.92 Å². The molecule has 4 aliphatic rings. The minimum atomic E-state index is -1.13. The maximum Gasteiger partial charge on any atom is 0.266 e. The summed E-state index contributed by atoms with van der Waals surface area (Å²) < 4.78 is 5.62. The molecular weight excluding hydrogens is 761 g/mol. The zero-order chi connectivity index (χ0) is 41.0. The molecule has 4 aromatic rings. The van der Waals surface area contributed by atoms with E-state index in [1.165, 1.54) is 18.2 Å². The lowest BCUT2D eigenvalue weighted by atomic mass is 9.85. The van der Waals surface area contributed by atoms with Crippen LogP contribution in [-0.2, 0) is 19.2 Å². The van der Waals surface area contributed by atoms with Crippen LogP contribution in [0.3, 0.4) is 0 Å². The highest BCUT2D eigenvalue weighted by Crippen LogP contribution is 2.34. The summed E-state index contributed by atoms with van der Waals surface area (Å²) in [5.41, 5.74) is 1.92. The standard InChI is InChI=1S/C41H42N10O8/c52-34-13-11-30(39(56)50-34)51-40(57)26-2-1-3-31(36(26)41(51)58)59-21-35(53)43-16-17-44-37(54)22-4-7-25(8-5-22)47-38(55)27-20-45-33(18-29(27)46-24-9-10-24)49-32-12-6-23-19-42-15-14-28(23)48-32/h1-3,6,12,14-15,18-20,22,24-25,30H,4-5,7-11,13,16-17,21H2,(H,43,53)(H,44,54)(H,47,55)(H,50,52,56)(H2,45,46,48,49). The van der Waals surface area contributed by atoms with Gasteiger partial charge in [0.1, 0.15) is 23.4 Å². The van der Waals surface area contributed by atoms with Crippen LogP contribution in [0.2, 0.25) is 0 Å². The fourth-order valence-electron chi connectivity index (χ4n) is 7.53. The van der Waals surface area contributed by atoms with E-state index < -0.39 is 42.2 Å². The monoisotopic (exact) mass is 802 g/mol. The van der Waals surface area contributed by atoms with Crippen molar-refractivity contribution >= 4 is 69.6 Å². The zero-order valence-electron chi connectivity index (χ0n) is 31.9. The second-order valence-corrected chi connectivity index (χ2v) is 15.0. The number of fused-ring (bicyclic) bond motifs is 2. The van der Waals surface area contributed by atoms with Gasteiger partial charge in [0.15, 0.2) is 6.61 Å². The van der Waals surface area contributed by atoms with E-state index in [1.54, 1.807) is 18.6 Å². The molecule has 0 bridgehead atoms. The zero-order valence-corrected chi connectivity index (χ0v) is 31.9. The summed E-state index contributed by atoms with van der Waals surface area (Å²) in [6.07, 6.45) is 9.49. The van der Waals surface area contributed by atoms with Crippen LogP contribution >= 0.6 is 0 Å². The minimum Gasteiger partial charge on any atom is -0.483 e. The molecule has 1 atom stereocenters. The third-order valence-electron chi connectivity index (χ3n) is 10.8. The average Bonchev–Trinajstić information content (AvgIpc) is 4.02. The fourth-order valence-corrected chi connectivity index (χ4v) is 7.53. The Morgan fingerprint density at radius 1 is 0.847 bits per heavy atom. The van der Waals surface area contributed by atoms with Gasteiger partial charge in [0.05, 0.1) is 27.9 Å². The fraction of sp³-hybridized carbons (Fsp3) is 0.366. The van der Waals surface area contributed by atoms with Crippen molar-refractivity contribution in [1.82, 2.24) is 41.1 Å². The van der Waals surface area contributed by atoms with E-state index >= 15 is 0 Å². The van der Waals surface area contributed by atoms with E-state index in [0.29, 0.717) is 54.6 Å². The Balaban J connectivity index is 0.763. The smallest absolute Gasteiger partial charge is 0.266 e. The van der Waals surface area contributed by atoms with Gasteiger partial charge >= 0.3 is 0 Å². The maximum absolute atomic E-state index is 13.5. The Labute approximate surface area is 337 Å². The van der Waals surface area contributed by atoms with Gasteiger partial charge in [-0.1, -0.05) is 6.07 Å². The molecule has 1 unspecified atom stereocenters. The van der Waals surface area contributed by atoms with Gasteiger partial charge in [0.2, 0.25) is 17.7 Å². The summed E-state index contributed by atoms with van der Waals surface area (Å²) in [6, 6.07) is 10.9. The van der Waals surface area contributed by atoms with Crippen LogP contribution in [0.4, 0.5) is 17.3 Å². The van der Waals surface area contributed by atoms with Crippen molar-refractivity contribution in [1.29, 1.82) is 0 Å². The normalized spacial score (nSPS) is 20.1. The number of amides is 7. The van der Waals surface area contributed by atoms with Gasteiger partial charge in [-0.05, 0) is 75.3 Å². The summed E-state index contributed by atoms with van der Waals surface area (Å²) >= 11 is 0. The molecule has 5 heterocycles. The van der Waals surface area contributed by atoms with Crippen molar-refractivity contribution in [3.8, 4) is 5.75 Å². The Bertz CT molecular complexity index is 2360. The van der Waals surface area contributed by atoms with E-state index in [-0.39, 0.29) is 66.6 Å². The van der Waals surface area contributed by atoms with Crippen LogP contribution in [-0.4, -0.2) is 99.0 Å². The number of rotatable bonds is 14. The number of hydrogen-bond donors (Lipinski definition) is 6. The maximum atomic E-state index is 13.5. The molecule has 0 spiro atoms. The number of nitrogens with one attached hydrogen (secondary N) is 6. The van der Waals surface area contributed by atoms with Crippen molar-refractivity contribution < 1.29 is 38.3 Å². The molecular formula is C41H42N10O8. The highest BCUT2D eigenvalue weighted by Gasteiger charge is 2.46. The lowest BCUT2D eigenvalue weighted by Crippen LogP contribution is -2.54. The average molecular weight is 803 g/mol. The van der Waals surface area contributed by atoms with Crippen molar-refractivity contribution in [2.75, 3.05) is 30.3 Å². The topological polar surface area (TPSA) is 243 Å². The first kappa shape index (κ1) is 38.9. The van der Waals surface area contributed by atoms with Crippen molar-refractivity contribution in [3.05, 3.63) is 77.7 Å². The third-order valence-corrected chi connectivity index (χ3v) is 10.8. The highest BCUT2D eigenvalue weighted by atomic mass is 16.5. The Kier molecular flexibility index (Phi) is 11.1. The molecule has 1 saturated heterocycles. The molecule has 59 heavy (non-hydrogen) atoms. The molecule has 3 aromatic heterocycles. The van der Waals surface area contributed by atoms with Gasteiger partial charge in [0, 0.05) is 67.6 Å². The third kappa shape index (κ3) is 8.80. The van der Waals surface area contributed by atoms with Gasteiger partial charge in [-0.2, -0.15) is 0 Å². The number of anilines is 3. The van der Waals surface area contributed by atoms with E-state index in [9.17, 15) is 33.6 Å². The number of piperidine rings is 1. The molecule has 3 fully saturated rings. The first-order valence-corrected chi connectivity index (χ1v) is 19.7. The van der Waals surface area contributed by atoms with Gasteiger partial charge in [-0.3, -0.25) is 48.8 Å². The minimum absolute atomic E-state index is 0.00662. The molecule has 18 heteroatoms. The molecule has 0 radical (unpaired) electrons. The number of carbonyl (C=O) groups is 7. The lowest BCUT2D eigenvalue weighted by molar-refractivity contribution is -0.136. The molecule has 7 amide bonds. The Morgan fingerprint density at radius 2 is 1.64 bits per heavy atom. The van der Waals surface area contributed by atoms with Crippen molar-refractivity contribution in [3.63, 3.8) is 0 Å². The lowest BCUT2D eigenvalue weighted by Gasteiger charge is -2.28. The largest absolute Gasteiger partial charge is 0.483 e. The van der Waals surface area contributed by atoms with Crippen LogP contribution in [0.1, 0.15) is 82.4 Å². The van der Waals surface area contributed by atoms with Gasteiger partial charge in [-0.15, -0.1) is 0 Å². The summed E-state index contributed by atoms with van der Waals surface area (Å²) in [7, 11) is 0. The highest BCUT2D eigenvalue weighted by molar-refractivity contribution is 6.24. The van der Waals surface area contributed by atoms with Crippen LogP contribution in [0.15, 0.2) is 61.1 Å². The number of nitrogens with zero attached hydrogens (tertiary/aromatic N) is 4. The first-order valence-electron chi connectivity index (χ1n) is 19.7. The van der Waals surface area contributed by atoms with E-state index in [1.807, 2.05) is 24.3 Å². The summed E-state index contributed by atoms with van der Waals surface area (Å²) in [6.45, 7) is -0.155. The summed E-state index contributed by atoms with van der Waals surface area (Å²) in [4.78, 5) is 103. The molecule has 304 valence electrons. The van der Waals surface area contributed by atoms with Crippen LogP contribution in [0, 0.1) is 5.92 Å². The number of aromatic nitrogens is 3. The van der Waals surface area contributed by atoms with E-state index in [4.69, 9.17) is 4.74 Å². The predicted molar refractivity (Wildman–Crippen MR) is 212 cm³/mol. The van der Waals surface area contributed by atoms with Gasteiger partial charge in [0.25, 0.3) is 23.6 Å². The number of benzene rings is 1. The van der Waals surface area contributed by atoms with E-state index in [0.717, 1.165) is 28.6 Å². The Hall–Kier alpha value is -6.98. The first-order chi connectivity index (χ1) is 28.6. The number of hydrogen-bond acceptors (Lipinski definition) is 13. The molecule has 1 aromatic carbocycles. The summed E-state index contributed by atoms with van der Waals surface area (Å²) in [5, 5.41) is 18.4. The number of carbonyl (C=O) groups excluding carboxylic acids is 7. The Morgan fingerprint density at radius 3 is 2.44 bits per heavy atom.